The Bertz CT molecular complexity index is 978. The molecule has 0 radical (unpaired) electrons. The third-order valence-electron chi connectivity index (χ3n) is 5.06. The molecule has 0 amide bonds. The Morgan fingerprint density at radius 1 is 1.00 bits per heavy atom. The van der Waals surface area contributed by atoms with Crippen LogP contribution in [-0.4, -0.2) is 36.1 Å². The molecule has 0 bridgehead atoms. The molecule has 1 aliphatic rings. The fourth-order valence-electron chi connectivity index (χ4n) is 3.69. The van der Waals surface area contributed by atoms with E-state index in [0.717, 1.165) is 61.3 Å². The van der Waals surface area contributed by atoms with E-state index in [0.29, 0.717) is 5.69 Å². The average molecular weight is 360 g/mol. The predicted molar refractivity (Wildman–Crippen MR) is 105 cm³/mol. The molecule has 1 fully saturated rings. The summed E-state index contributed by atoms with van der Waals surface area (Å²) in [5.74, 6) is -0.196. The Kier molecular flexibility index (Phi) is 4.99. The van der Waals surface area contributed by atoms with Gasteiger partial charge in [0, 0.05) is 43.8 Å². The number of hydrogen-bond donors (Lipinski definition) is 0. The number of anilines is 1. The normalized spacial score (nSPS) is 15.5. The van der Waals surface area contributed by atoms with Gasteiger partial charge in [0.15, 0.2) is 0 Å². The van der Waals surface area contributed by atoms with Gasteiger partial charge in [-0.3, -0.25) is 4.90 Å². The minimum absolute atomic E-state index is 0.196. The number of pyridine rings is 1. The van der Waals surface area contributed by atoms with Gasteiger partial charge in [-0.1, -0.05) is 30.3 Å². The molecular weight excluding hydrogens is 339 g/mol. The molecular formula is C22H21FN4. The predicted octanol–water partition coefficient (Wildman–Crippen LogP) is 3.96. The van der Waals surface area contributed by atoms with Gasteiger partial charge in [0.2, 0.25) is 0 Å². The van der Waals surface area contributed by atoms with E-state index in [4.69, 9.17) is 0 Å². The number of hydrogen-bond acceptors (Lipinski definition) is 4. The number of benzene rings is 2. The molecule has 2 aromatic carbocycles. The summed E-state index contributed by atoms with van der Waals surface area (Å²) in [5, 5.41) is 10.4. The lowest BCUT2D eigenvalue weighted by atomic mass is 10.1. The largest absolute Gasteiger partial charge is 0.370 e. The van der Waals surface area contributed by atoms with E-state index in [1.54, 1.807) is 0 Å². The van der Waals surface area contributed by atoms with Crippen LogP contribution in [0.5, 0.6) is 0 Å². The van der Waals surface area contributed by atoms with E-state index in [1.807, 2.05) is 36.4 Å². The first-order valence-corrected chi connectivity index (χ1v) is 9.24. The molecule has 27 heavy (non-hydrogen) atoms. The lowest BCUT2D eigenvalue weighted by Crippen LogP contribution is -2.30. The summed E-state index contributed by atoms with van der Waals surface area (Å²) in [4.78, 5) is 9.18. The molecule has 0 saturated carbocycles. The van der Waals surface area contributed by atoms with Crippen LogP contribution < -0.4 is 4.90 Å². The second-order valence-corrected chi connectivity index (χ2v) is 6.90. The first kappa shape index (κ1) is 17.4. The standard InChI is InChI=1S/C22H21FN4/c23-18-8-6-17(7-9-18)16-26-10-3-11-27(13-12-26)22-14-19(15-24)25-21-5-2-1-4-20(21)22/h1-2,4-9,14H,3,10-13,16H2. The maximum absolute atomic E-state index is 13.1. The van der Waals surface area contributed by atoms with Crippen molar-refractivity contribution >= 4 is 16.6 Å². The first-order chi connectivity index (χ1) is 13.2. The minimum atomic E-state index is -0.196. The molecule has 0 N–H and O–H groups in total. The molecule has 1 aliphatic heterocycles. The van der Waals surface area contributed by atoms with Crippen molar-refractivity contribution in [3.8, 4) is 6.07 Å². The number of nitrogens with zero attached hydrogens (tertiary/aromatic N) is 4. The Balaban J connectivity index is 1.54. The maximum Gasteiger partial charge on any atom is 0.143 e. The lowest BCUT2D eigenvalue weighted by Gasteiger charge is -2.25. The molecule has 2 heterocycles. The summed E-state index contributed by atoms with van der Waals surface area (Å²) in [5.41, 5.74) is 3.53. The molecule has 0 spiro atoms. The van der Waals surface area contributed by atoms with Crippen LogP contribution in [0.15, 0.2) is 54.6 Å². The zero-order valence-corrected chi connectivity index (χ0v) is 15.1. The number of para-hydroxylation sites is 1. The number of nitriles is 1. The highest BCUT2D eigenvalue weighted by Crippen LogP contribution is 2.27. The molecule has 0 aliphatic carbocycles. The van der Waals surface area contributed by atoms with Crippen LogP contribution in [0.2, 0.25) is 0 Å². The van der Waals surface area contributed by atoms with E-state index in [9.17, 15) is 9.65 Å². The van der Waals surface area contributed by atoms with Crippen LogP contribution in [0.25, 0.3) is 10.9 Å². The van der Waals surface area contributed by atoms with E-state index in [1.165, 1.54) is 12.1 Å². The number of fused-ring (bicyclic) bond motifs is 1. The fraction of sp³-hybridized carbons (Fsp3) is 0.273. The summed E-state index contributed by atoms with van der Waals surface area (Å²) < 4.78 is 13.1. The van der Waals surface area contributed by atoms with Crippen molar-refractivity contribution < 1.29 is 4.39 Å². The van der Waals surface area contributed by atoms with Gasteiger partial charge in [0.1, 0.15) is 17.6 Å². The highest BCUT2D eigenvalue weighted by molar-refractivity contribution is 5.92. The Labute approximate surface area is 158 Å². The molecule has 4 nitrogen and oxygen atoms in total. The van der Waals surface area contributed by atoms with Gasteiger partial charge in [-0.2, -0.15) is 5.26 Å². The van der Waals surface area contributed by atoms with Crippen LogP contribution in [-0.2, 0) is 6.54 Å². The fourth-order valence-corrected chi connectivity index (χ4v) is 3.69. The second-order valence-electron chi connectivity index (χ2n) is 6.90. The van der Waals surface area contributed by atoms with Gasteiger partial charge in [-0.05, 0) is 36.2 Å². The smallest absolute Gasteiger partial charge is 0.143 e. The Hall–Kier alpha value is -2.97. The maximum atomic E-state index is 13.1. The van der Waals surface area contributed by atoms with Crippen molar-refractivity contribution in [1.29, 1.82) is 5.26 Å². The Morgan fingerprint density at radius 2 is 1.81 bits per heavy atom. The van der Waals surface area contributed by atoms with E-state index in [2.05, 4.69) is 26.9 Å². The molecule has 4 rings (SSSR count). The van der Waals surface area contributed by atoms with E-state index < -0.39 is 0 Å². The quantitative estimate of drug-likeness (QED) is 0.709. The molecule has 136 valence electrons. The van der Waals surface area contributed by atoms with Gasteiger partial charge in [0.05, 0.1) is 5.52 Å². The lowest BCUT2D eigenvalue weighted by molar-refractivity contribution is 0.285. The molecule has 3 aromatic rings. The topological polar surface area (TPSA) is 43.2 Å². The summed E-state index contributed by atoms with van der Waals surface area (Å²) >= 11 is 0. The van der Waals surface area contributed by atoms with Crippen LogP contribution in [0, 0.1) is 17.1 Å². The van der Waals surface area contributed by atoms with Crippen LogP contribution in [0.3, 0.4) is 0 Å². The molecule has 1 saturated heterocycles. The van der Waals surface area contributed by atoms with Crippen molar-refractivity contribution in [3.05, 3.63) is 71.7 Å². The number of rotatable bonds is 3. The van der Waals surface area contributed by atoms with Crippen LogP contribution in [0.1, 0.15) is 17.7 Å². The molecule has 0 atom stereocenters. The van der Waals surface area contributed by atoms with Crippen molar-refractivity contribution in [3.63, 3.8) is 0 Å². The summed E-state index contributed by atoms with van der Waals surface area (Å²) in [6.45, 7) is 4.59. The minimum Gasteiger partial charge on any atom is -0.370 e. The second kappa shape index (κ2) is 7.73. The molecule has 1 aromatic heterocycles. The van der Waals surface area contributed by atoms with Gasteiger partial charge in [-0.25, -0.2) is 9.37 Å². The number of aromatic nitrogens is 1. The third kappa shape index (κ3) is 3.91. The zero-order chi connectivity index (χ0) is 18.6. The Morgan fingerprint density at radius 3 is 2.63 bits per heavy atom. The summed E-state index contributed by atoms with van der Waals surface area (Å²) in [6.07, 6.45) is 1.04. The van der Waals surface area contributed by atoms with Crippen molar-refractivity contribution in [2.45, 2.75) is 13.0 Å². The monoisotopic (exact) mass is 360 g/mol. The zero-order valence-electron chi connectivity index (χ0n) is 15.1. The van der Waals surface area contributed by atoms with Gasteiger partial charge in [-0.15, -0.1) is 0 Å². The third-order valence-corrected chi connectivity index (χ3v) is 5.06. The molecule has 0 unspecified atom stereocenters. The van der Waals surface area contributed by atoms with E-state index in [-0.39, 0.29) is 5.82 Å². The SMILES string of the molecule is N#Cc1cc(N2CCCN(Cc3ccc(F)cc3)CC2)c2ccccc2n1. The average Bonchev–Trinajstić information content (AvgIpc) is 2.94. The highest BCUT2D eigenvalue weighted by Gasteiger charge is 2.18. The first-order valence-electron chi connectivity index (χ1n) is 9.24. The summed E-state index contributed by atoms with van der Waals surface area (Å²) in [7, 11) is 0. The molecule has 5 heteroatoms. The van der Waals surface area contributed by atoms with Crippen molar-refractivity contribution in [2.24, 2.45) is 0 Å². The van der Waals surface area contributed by atoms with Crippen molar-refractivity contribution in [1.82, 2.24) is 9.88 Å². The van der Waals surface area contributed by atoms with Crippen LogP contribution >= 0.6 is 0 Å². The summed E-state index contributed by atoms with van der Waals surface area (Å²) in [6, 6.07) is 18.8. The number of halogens is 1. The van der Waals surface area contributed by atoms with Crippen LogP contribution in [0.4, 0.5) is 10.1 Å². The highest BCUT2D eigenvalue weighted by atomic mass is 19.1. The van der Waals surface area contributed by atoms with Crippen molar-refractivity contribution in [2.75, 3.05) is 31.1 Å². The van der Waals surface area contributed by atoms with Gasteiger partial charge >= 0.3 is 0 Å². The van der Waals surface area contributed by atoms with Gasteiger partial charge < -0.3 is 4.90 Å². The van der Waals surface area contributed by atoms with Gasteiger partial charge in [0.25, 0.3) is 0 Å². The van der Waals surface area contributed by atoms with E-state index >= 15 is 0 Å².